The molecule has 2 aromatic rings. The first kappa shape index (κ1) is 14.2. The van der Waals surface area contributed by atoms with Gasteiger partial charge in [0.15, 0.2) is 5.82 Å². The van der Waals surface area contributed by atoms with E-state index in [1.165, 1.54) is 11.1 Å². The van der Waals surface area contributed by atoms with Crippen molar-refractivity contribution < 1.29 is 5.11 Å². The largest absolute Gasteiger partial charge is 0.394 e. The first-order valence-electron chi connectivity index (χ1n) is 7.51. The number of fused-ring (bicyclic) bond motifs is 1. The summed E-state index contributed by atoms with van der Waals surface area (Å²) in [6, 6.07) is 8.38. The maximum atomic E-state index is 9.81. The quantitative estimate of drug-likeness (QED) is 0.894. The molecule has 0 saturated carbocycles. The number of hydrogen-bond acceptors (Lipinski definition) is 5. The number of aliphatic hydroxyl groups excluding tert-OH is 1. The first-order valence-corrected chi connectivity index (χ1v) is 7.51. The van der Waals surface area contributed by atoms with Crippen molar-refractivity contribution in [1.82, 2.24) is 25.1 Å². The zero-order valence-electron chi connectivity index (χ0n) is 12.3. The molecule has 1 aliphatic heterocycles. The number of aryl methyl sites for hydroxylation is 1. The number of aromatic nitrogens is 4. The van der Waals surface area contributed by atoms with Crippen LogP contribution in [-0.4, -0.2) is 43.4 Å². The molecule has 1 aromatic heterocycles. The Hall–Kier alpha value is -1.79. The third-order valence-electron chi connectivity index (χ3n) is 4.08. The van der Waals surface area contributed by atoms with Gasteiger partial charge in [0.2, 0.25) is 0 Å². The van der Waals surface area contributed by atoms with Crippen molar-refractivity contribution in [2.45, 2.75) is 38.9 Å². The van der Waals surface area contributed by atoms with Crippen molar-refractivity contribution in [3.63, 3.8) is 0 Å². The van der Waals surface area contributed by atoms with Gasteiger partial charge in [-0.3, -0.25) is 4.90 Å². The Kier molecular flexibility index (Phi) is 4.26. The minimum atomic E-state index is 0.0294. The lowest BCUT2D eigenvalue weighted by Gasteiger charge is -2.35. The maximum absolute atomic E-state index is 9.81. The van der Waals surface area contributed by atoms with Gasteiger partial charge in [0, 0.05) is 13.1 Å². The molecule has 1 unspecified atom stereocenters. The normalized spacial score (nSPS) is 18.7. The Morgan fingerprint density at radius 3 is 3.00 bits per heavy atom. The van der Waals surface area contributed by atoms with Gasteiger partial charge < -0.3 is 5.11 Å². The SMILES string of the molecule is CCCn1nnnc1CN1CCc2ccccc2C1CO. The van der Waals surface area contributed by atoms with Gasteiger partial charge in [0.1, 0.15) is 0 Å². The zero-order chi connectivity index (χ0) is 14.7. The molecule has 0 radical (unpaired) electrons. The lowest BCUT2D eigenvalue weighted by Crippen LogP contribution is -2.37. The van der Waals surface area contributed by atoms with Crippen LogP contribution in [0, 0.1) is 0 Å². The second-order valence-corrected chi connectivity index (χ2v) is 5.44. The molecule has 1 N–H and O–H groups in total. The van der Waals surface area contributed by atoms with E-state index in [9.17, 15) is 5.11 Å². The van der Waals surface area contributed by atoms with Crippen LogP contribution in [0.1, 0.15) is 36.3 Å². The predicted molar refractivity (Wildman–Crippen MR) is 78.5 cm³/mol. The molecule has 0 fully saturated rings. The molecule has 0 bridgehead atoms. The van der Waals surface area contributed by atoms with Gasteiger partial charge in [0.05, 0.1) is 19.2 Å². The van der Waals surface area contributed by atoms with Crippen LogP contribution in [0.25, 0.3) is 0 Å². The molecule has 21 heavy (non-hydrogen) atoms. The third kappa shape index (κ3) is 2.82. The van der Waals surface area contributed by atoms with Crippen LogP contribution in [0.2, 0.25) is 0 Å². The summed E-state index contributed by atoms with van der Waals surface area (Å²) in [7, 11) is 0. The molecule has 3 rings (SSSR count). The van der Waals surface area contributed by atoms with Crippen molar-refractivity contribution in [3.8, 4) is 0 Å². The molecule has 112 valence electrons. The zero-order valence-corrected chi connectivity index (χ0v) is 12.3. The van der Waals surface area contributed by atoms with Gasteiger partial charge in [-0.05, 0) is 34.4 Å². The van der Waals surface area contributed by atoms with E-state index in [1.807, 2.05) is 10.7 Å². The Bertz CT molecular complexity index is 597. The summed E-state index contributed by atoms with van der Waals surface area (Å²) in [5.41, 5.74) is 2.56. The van der Waals surface area contributed by atoms with Gasteiger partial charge in [-0.1, -0.05) is 31.2 Å². The number of nitrogens with zero attached hydrogens (tertiary/aromatic N) is 5. The van der Waals surface area contributed by atoms with Gasteiger partial charge >= 0.3 is 0 Å². The van der Waals surface area contributed by atoms with Crippen LogP contribution in [0.15, 0.2) is 24.3 Å². The smallest absolute Gasteiger partial charge is 0.165 e. The summed E-state index contributed by atoms with van der Waals surface area (Å²) in [5, 5.41) is 21.7. The van der Waals surface area contributed by atoms with Gasteiger partial charge in [0.25, 0.3) is 0 Å². The van der Waals surface area contributed by atoms with E-state index >= 15 is 0 Å². The second kappa shape index (κ2) is 6.32. The van der Waals surface area contributed by atoms with Crippen LogP contribution < -0.4 is 0 Å². The average molecular weight is 287 g/mol. The van der Waals surface area contributed by atoms with Crippen LogP contribution in [0.4, 0.5) is 0 Å². The molecular formula is C15H21N5O. The third-order valence-corrected chi connectivity index (χ3v) is 4.08. The Labute approximate surface area is 124 Å². The molecule has 0 amide bonds. The van der Waals surface area contributed by atoms with Crippen LogP contribution in [0.5, 0.6) is 0 Å². The second-order valence-electron chi connectivity index (χ2n) is 5.44. The van der Waals surface area contributed by atoms with E-state index in [0.29, 0.717) is 6.54 Å². The number of benzene rings is 1. The van der Waals surface area contributed by atoms with E-state index in [4.69, 9.17) is 0 Å². The van der Waals surface area contributed by atoms with E-state index in [1.54, 1.807) is 0 Å². The number of rotatable bonds is 5. The maximum Gasteiger partial charge on any atom is 0.165 e. The van der Waals surface area contributed by atoms with Crippen molar-refractivity contribution in [3.05, 3.63) is 41.2 Å². The van der Waals surface area contributed by atoms with Crippen molar-refractivity contribution in [1.29, 1.82) is 0 Å². The van der Waals surface area contributed by atoms with Crippen LogP contribution in [0.3, 0.4) is 0 Å². The standard InChI is InChI=1S/C15H21N5O/c1-2-8-20-15(16-17-18-20)10-19-9-7-12-5-3-4-6-13(12)14(19)11-21/h3-6,14,21H,2,7-11H2,1H3. The average Bonchev–Trinajstić information content (AvgIpc) is 2.94. The summed E-state index contributed by atoms with van der Waals surface area (Å²) < 4.78 is 1.86. The molecule has 6 heteroatoms. The molecule has 2 heterocycles. The van der Waals surface area contributed by atoms with Crippen molar-refractivity contribution in [2.75, 3.05) is 13.2 Å². The Morgan fingerprint density at radius 1 is 1.33 bits per heavy atom. The summed E-state index contributed by atoms with van der Waals surface area (Å²) in [6.07, 6.45) is 2.01. The van der Waals surface area contributed by atoms with E-state index in [-0.39, 0.29) is 12.6 Å². The summed E-state index contributed by atoms with van der Waals surface area (Å²) in [6.45, 7) is 4.65. The van der Waals surface area contributed by atoms with Gasteiger partial charge in [-0.25, -0.2) is 4.68 Å². The lowest BCUT2D eigenvalue weighted by molar-refractivity contribution is 0.104. The van der Waals surface area contributed by atoms with E-state index in [0.717, 1.165) is 31.8 Å². The van der Waals surface area contributed by atoms with Crippen LogP contribution in [-0.2, 0) is 19.5 Å². The lowest BCUT2D eigenvalue weighted by atomic mass is 9.93. The highest BCUT2D eigenvalue weighted by Gasteiger charge is 2.27. The molecule has 6 nitrogen and oxygen atoms in total. The van der Waals surface area contributed by atoms with Crippen molar-refractivity contribution >= 4 is 0 Å². The minimum absolute atomic E-state index is 0.0294. The molecule has 0 saturated heterocycles. The number of hydrogen-bond donors (Lipinski definition) is 1. The fourth-order valence-electron chi connectivity index (χ4n) is 3.01. The summed E-state index contributed by atoms with van der Waals surface area (Å²) >= 11 is 0. The fourth-order valence-corrected chi connectivity index (χ4v) is 3.01. The molecule has 1 aromatic carbocycles. The molecule has 1 aliphatic rings. The molecule has 0 spiro atoms. The minimum Gasteiger partial charge on any atom is -0.394 e. The monoisotopic (exact) mass is 287 g/mol. The van der Waals surface area contributed by atoms with E-state index in [2.05, 4.69) is 45.5 Å². The Morgan fingerprint density at radius 2 is 2.19 bits per heavy atom. The topological polar surface area (TPSA) is 67.1 Å². The fraction of sp³-hybridized carbons (Fsp3) is 0.533. The van der Waals surface area contributed by atoms with Gasteiger partial charge in [-0.2, -0.15) is 0 Å². The highest BCUT2D eigenvalue weighted by Crippen LogP contribution is 2.30. The van der Waals surface area contributed by atoms with E-state index < -0.39 is 0 Å². The number of aliphatic hydroxyl groups is 1. The Balaban J connectivity index is 1.81. The highest BCUT2D eigenvalue weighted by atomic mass is 16.3. The highest BCUT2D eigenvalue weighted by molar-refractivity contribution is 5.32. The summed E-state index contributed by atoms with van der Waals surface area (Å²) in [4.78, 5) is 2.26. The molecule has 0 aliphatic carbocycles. The molecule has 1 atom stereocenters. The van der Waals surface area contributed by atoms with Crippen molar-refractivity contribution in [2.24, 2.45) is 0 Å². The predicted octanol–water partition coefficient (Wildman–Crippen LogP) is 1.17. The van der Waals surface area contributed by atoms with Gasteiger partial charge in [-0.15, -0.1) is 5.10 Å². The first-order chi connectivity index (χ1) is 10.3. The number of tetrazole rings is 1. The molecular weight excluding hydrogens is 266 g/mol. The summed E-state index contributed by atoms with van der Waals surface area (Å²) in [5.74, 6) is 0.870. The van der Waals surface area contributed by atoms with Crippen LogP contribution >= 0.6 is 0 Å².